The third kappa shape index (κ3) is 4.52. The molecule has 0 saturated carbocycles. The largest absolute Gasteiger partial charge is 0.373 e. The number of nitrogens with zero attached hydrogens (tertiary/aromatic N) is 4. The van der Waals surface area contributed by atoms with Crippen molar-refractivity contribution in [3.63, 3.8) is 0 Å². The van der Waals surface area contributed by atoms with Gasteiger partial charge in [0.2, 0.25) is 0 Å². The molecule has 0 radical (unpaired) electrons. The van der Waals surface area contributed by atoms with Crippen LogP contribution in [0.1, 0.15) is 0 Å². The summed E-state index contributed by atoms with van der Waals surface area (Å²) in [7, 11) is 0. The van der Waals surface area contributed by atoms with Gasteiger partial charge in [-0.05, 0) is 6.07 Å². The molecule has 1 heterocycles. The third-order valence-electron chi connectivity index (χ3n) is 0.347. The summed E-state index contributed by atoms with van der Waals surface area (Å²) in [6.07, 6.45) is 3.10. The Morgan fingerprint density at radius 2 is 2.12 bits per heavy atom. The van der Waals surface area contributed by atoms with Crippen LogP contribution in [-0.4, -0.2) is 5.16 Å². The summed E-state index contributed by atoms with van der Waals surface area (Å²) in [6.45, 7) is 0. The van der Waals surface area contributed by atoms with E-state index < -0.39 is 0 Å². The molecular formula is C3H3N4O-. The highest BCUT2D eigenvalue weighted by Gasteiger charge is 1.60. The van der Waals surface area contributed by atoms with E-state index in [2.05, 4.69) is 9.68 Å². The van der Waals surface area contributed by atoms with Gasteiger partial charge >= 0.3 is 0 Å². The molecule has 42 valence electrons. The monoisotopic (exact) mass is 111 g/mol. The average molecular weight is 111 g/mol. The highest BCUT2D eigenvalue weighted by Crippen LogP contribution is 1.72. The molecule has 0 spiro atoms. The Labute approximate surface area is 45.3 Å². The average Bonchev–Trinajstić information content (AvgIpc) is 2.17. The van der Waals surface area contributed by atoms with Crippen LogP contribution in [0.25, 0.3) is 16.0 Å². The van der Waals surface area contributed by atoms with Crippen LogP contribution in [0.5, 0.6) is 0 Å². The van der Waals surface area contributed by atoms with Gasteiger partial charge in [0.1, 0.15) is 6.26 Å². The second-order valence-electron chi connectivity index (χ2n) is 0.778. The van der Waals surface area contributed by atoms with Crippen LogP contribution in [0.15, 0.2) is 23.0 Å². The zero-order valence-electron chi connectivity index (χ0n) is 3.93. The minimum atomic E-state index is 1.50. The molecule has 0 aliphatic rings. The van der Waals surface area contributed by atoms with E-state index >= 15 is 0 Å². The van der Waals surface area contributed by atoms with Crippen molar-refractivity contribution in [1.82, 2.24) is 5.16 Å². The van der Waals surface area contributed by atoms with Gasteiger partial charge in [0.25, 0.3) is 0 Å². The first-order valence-electron chi connectivity index (χ1n) is 1.74. The van der Waals surface area contributed by atoms with Gasteiger partial charge in [-0.1, -0.05) is 5.16 Å². The van der Waals surface area contributed by atoms with Crippen LogP contribution >= 0.6 is 0 Å². The van der Waals surface area contributed by atoms with Gasteiger partial charge in [0.05, 0.1) is 6.20 Å². The Morgan fingerprint density at radius 3 is 2.25 bits per heavy atom. The molecular weight excluding hydrogens is 108 g/mol. The summed E-state index contributed by atoms with van der Waals surface area (Å²) in [4.78, 5) is 1.50. The summed E-state index contributed by atoms with van der Waals surface area (Å²) < 4.78 is 4.33. The van der Waals surface area contributed by atoms with E-state index in [0.29, 0.717) is 0 Å². The Bertz CT molecular complexity index is 123. The summed E-state index contributed by atoms with van der Waals surface area (Å²) in [5, 5.41) is 3.35. The van der Waals surface area contributed by atoms with Gasteiger partial charge in [-0.15, -0.1) is 0 Å². The smallest absolute Gasteiger partial charge is 0.123 e. The molecule has 0 aliphatic carbocycles. The summed E-state index contributed by atoms with van der Waals surface area (Å²) >= 11 is 0. The van der Waals surface area contributed by atoms with Crippen molar-refractivity contribution in [3.05, 3.63) is 34.5 Å². The lowest BCUT2D eigenvalue weighted by atomic mass is 10.8. The quantitative estimate of drug-likeness (QED) is 0.289. The third-order valence-corrected chi connectivity index (χ3v) is 0.347. The van der Waals surface area contributed by atoms with Crippen molar-refractivity contribution in [2.45, 2.75) is 0 Å². The summed E-state index contributed by atoms with van der Waals surface area (Å²) in [5.41, 5.74) is 13.5. The van der Waals surface area contributed by atoms with Gasteiger partial charge in [-0.25, -0.2) is 0 Å². The zero-order valence-corrected chi connectivity index (χ0v) is 3.93. The van der Waals surface area contributed by atoms with E-state index in [-0.39, 0.29) is 0 Å². The van der Waals surface area contributed by atoms with E-state index in [1.807, 2.05) is 0 Å². The molecule has 1 aromatic rings. The lowest BCUT2D eigenvalue weighted by Crippen LogP contribution is -1.38. The van der Waals surface area contributed by atoms with E-state index in [9.17, 15) is 0 Å². The van der Waals surface area contributed by atoms with E-state index in [1.54, 1.807) is 12.3 Å². The Hall–Kier alpha value is -1.48. The highest BCUT2D eigenvalue weighted by molar-refractivity contribution is 4.67. The molecule has 0 aromatic carbocycles. The SMILES string of the molecule is [N-]=[N+]=[N-].c1cnoc1. The second-order valence-corrected chi connectivity index (χ2v) is 0.778. The number of hydrogen-bond acceptors (Lipinski definition) is 2. The zero-order chi connectivity index (χ0) is 6.24. The predicted molar refractivity (Wildman–Crippen MR) is 26.6 cm³/mol. The van der Waals surface area contributed by atoms with Crippen molar-refractivity contribution < 1.29 is 4.52 Å². The molecule has 5 heteroatoms. The van der Waals surface area contributed by atoms with Crippen molar-refractivity contribution in [2.24, 2.45) is 0 Å². The Morgan fingerprint density at radius 1 is 1.50 bits per heavy atom. The van der Waals surface area contributed by atoms with Crippen molar-refractivity contribution in [3.8, 4) is 0 Å². The molecule has 0 bridgehead atoms. The first-order chi connectivity index (χ1) is 3.91. The maximum Gasteiger partial charge on any atom is 0.123 e. The van der Waals surface area contributed by atoms with Crippen LogP contribution in [0.3, 0.4) is 0 Å². The van der Waals surface area contributed by atoms with Gasteiger partial charge < -0.3 is 15.6 Å². The lowest BCUT2D eigenvalue weighted by Gasteiger charge is -1.48. The fourth-order valence-electron chi connectivity index (χ4n) is 0.176. The topological polar surface area (TPSA) is 84.7 Å². The summed E-state index contributed by atoms with van der Waals surface area (Å²) in [6, 6.07) is 1.72. The highest BCUT2D eigenvalue weighted by atomic mass is 16.5. The molecule has 1 aromatic heterocycles. The number of aromatic nitrogens is 1. The van der Waals surface area contributed by atoms with Gasteiger partial charge in [0, 0.05) is 0 Å². The minimum absolute atomic E-state index is 1.50. The maximum atomic E-state index is 6.75. The molecule has 5 nitrogen and oxygen atoms in total. The van der Waals surface area contributed by atoms with E-state index in [4.69, 9.17) is 11.1 Å². The number of rotatable bonds is 0. The van der Waals surface area contributed by atoms with Gasteiger partial charge in [-0.3, -0.25) is 4.91 Å². The van der Waals surface area contributed by atoms with Crippen LogP contribution in [0, 0.1) is 0 Å². The van der Waals surface area contributed by atoms with Crippen LogP contribution in [0.4, 0.5) is 0 Å². The first-order valence-corrected chi connectivity index (χ1v) is 1.74. The molecule has 0 saturated heterocycles. The lowest BCUT2D eigenvalue weighted by molar-refractivity contribution is 0.420. The Kier molecular flexibility index (Phi) is 4.50. The molecule has 0 N–H and O–H groups in total. The standard InChI is InChI=1S/C3H3NO.N3/c1-2-4-5-3-1;1-3-2/h1-3H;/q;-1. The van der Waals surface area contributed by atoms with Gasteiger partial charge in [-0.2, -0.15) is 0 Å². The minimum Gasteiger partial charge on any atom is -0.373 e. The molecule has 0 unspecified atom stereocenters. The molecule has 0 aliphatic heterocycles. The normalized spacial score (nSPS) is 6.00. The Balaban J connectivity index is 0.000000145. The van der Waals surface area contributed by atoms with Crippen molar-refractivity contribution >= 4 is 0 Å². The maximum absolute atomic E-state index is 6.75. The fourth-order valence-corrected chi connectivity index (χ4v) is 0.176. The van der Waals surface area contributed by atoms with Crippen LogP contribution < -0.4 is 0 Å². The van der Waals surface area contributed by atoms with E-state index in [0.717, 1.165) is 0 Å². The first kappa shape index (κ1) is 6.52. The van der Waals surface area contributed by atoms with Crippen molar-refractivity contribution in [2.75, 3.05) is 0 Å². The summed E-state index contributed by atoms with van der Waals surface area (Å²) in [5.74, 6) is 0. The number of hydrogen-bond donors (Lipinski definition) is 0. The molecule has 1 rings (SSSR count). The fraction of sp³-hybridized carbons (Fsp3) is 0. The van der Waals surface area contributed by atoms with E-state index in [1.165, 1.54) is 11.2 Å². The van der Waals surface area contributed by atoms with Crippen molar-refractivity contribution in [1.29, 1.82) is 0 Å². The van der Waals surface area contributed by atoms with Crippen LogP contribution in [-0.2, 0) is 0 Å². The molecule has 0 atom stereocenters. The molecule has 8 heavy (non-hydrogen) atoms. The predicted octanol–water partition coefficient (Wildman–Crippen LogP) is 1.54. The van der Waals surface area contributed by atoms with Gasteiger partial charge in [0.15, 0.2) is 0 Å². The van der Waals surface area contributed by atoms with Crippen LogP contribution in [0.2, 0.25) is 0 Å². The second kappa shape index (κ2) is 5.52. The molecule has 0 fully saturated rings. The molecule has 0 amide bonds.